The second-order valence-corrected chi connectivity index (χ2v) is 4.35. The average Bonchev–Trinajstić information content (AvgIpc) is 2.15. The van der Waals surface area contributed by atoms with Crippen molar-refractivity contribution in [2.24, 2.45) is 0 Å². The van der Waals surface area contributed by atoms with Crippen molar-refractivity contribution in [1.29, 1.82) is 0 Å². The fraction of sp³-hybridized carbons (Fsp3) is 0. The molecule has 0 bridgehead atoms. The Bertz CT molecular complexity index is 604. The van der Waals surface area contributed by atoms with Gasteiger partial charge in [-0.2, -0.15) is 13.2 Å². The van der Waals surface area contributed by atoms with E-state index in [1.54, 1.807) is 0 Å². The standard InChI is InChI=1S/C8H8N4O4S/c9-6-3-5(12-8(13)4-11-10)1-2-7(6)17(14,15)16/h1-4H,9H2,(H,12,13)(H,14,15,16). The van der Waals surface area contributed by atoms with E-state index in [-0.39, 0.29) is 11.4 Å². The Labute approximate surface area is 96.4 Å². The summed E-state index contributed by atoms with van der Waals surface area (Å²) in [5, 5.41) is 2.26. The lowest BCUT2D eigenvalue weighted by atomic mass is 10.3. The molecule has 0 heterocycles. The lowest BCUT2D eigenvalue weighted by molar-refractivity contribution is -0.113. The van der Waals surface area contributed by atoms with Crippen LogP contribution in [-0.4, -0.2) is 29.9 Å². The molecule has 1 rings (SSSR count). The quantitative estimate of drug-likeness (QED) is 0.224. The van der Waals surface area contributed by atoms with Gasteiger partial charge >= 0.3 is 12.1 Å². The summed E-state index contributed by atoms with van der Waals surface area (Å²) in [6.45, 7) is 0. The zero-order valence-corrected chi connectivity index (χ0v) is 9.18. The molecule has 8 nitrogen and oxygen atoms in total. The second kappa shape index (κ2) is 4.74. The number of nitrogen functional groups attached to an aromatic ring is 1. The maximum atomic E-state index is 11.0. The monoisotopic (exact) mass is 256 g/mol. The van der Waals surface area contributed by atoms with Crippen molar-refractivity contribution in [3.63, 3.8) is 0 Å². The van der Waals surface area contributed by atoms with Gasteiger partial charge in [0, 0.05) is 5.69 Å². The van der Waals surface area contributed by atoms with Crippen LogP contribution in [0.2, 0.25) is 0 Å². The summed E-state index contributed by atoms with van der Waals surface area (Å²) in [7, 11) is -4.39. The topological polar surface area (TPSA) is 146 Å². The molecule has 4 N–H and O–H groups in total. The van der Waals surface area contributed by atoms with E-state index in [9.17, 15) is 13.2 Å². The van der Waals surface area contributed by atoms with Crippen LogP contribution in [0.15, 0.2) is 23.1 Å². The van der Waals surface area contributed by atoms with Crippen LogP contribution < -0.4 is 11.1 Å². The number of carbonyl (C=O) groups excluding carboxylic acids is 1. The van der Waals surface area contributed by atoms with Crippen molar-refractivity contribution in [3.05, 3.63) is 23.7 Å². The maximum absolute atomic E-state index is 11.0. The molecule has 1 aromatic rings. The van der Waals surface area contributed by atoms with Crippen LogP contribution >= 0.6 is 0 Å². The number of carbonyl (C=O) groups is 1. The molecule has 90 valence electrons. The molecule has 1 amide bonds. The van der Waals surface area contributed by atoms with Crippen molar-refractivity contribution < 1.29 is 22.6 Å². The predicted molar refractivity (Wildman–Crippen MR) is 59.0 cm³/mol. The summed E-state index contributed by atoms with van der Waals surface area (Å²) in [6, 6.07) is 3.41. The van der Waals surface area contributed by atoms with Gasteiger partial charge < -0.3 is 16.6 Å². The maximum Gasteiger partial charge on any atom is 0.344 e. The number of rotatable bonds is 3. The summed E-state index contributed by atoms with van der Waals surface area (Å²) in [4.78, 5) is 13.0. The van der Waals surface area contributed by atoms with Crippen LogP contribution in [0.3, 0.4) is 0 Å². The molecule has 0 aliphatic carbocycles. The predicted octanol–water partition coefficient (Wildman–Crippen LogP) is -0.245. The minimum absolute atomic E-state index is 0.194. The number of anilines is 2. The summed E-state index contributed by atoms with van der Waals surface area (Å²) in [5.74, 6) is -0.716. The smallest absolute Gasteiger partial charge is 0.344 e. The lowest BCUT2D eigenvalue weighted by Crippen LogP contribution is -2.13. The summed E-state index contributed by atoms with van der Waals surface area (Å²) in [6.07, 6.45) is 0.618. The van der Waals surface area contributed by atoms with Gasteiger partial charge in [0.15, 0.2) is 0 Å². The van der Waals surface area contributed by atoms with Gasteiger partial charge in [-0.05, 0) is 18.2 Å². The molecule has 1 aromatic carbocycles. The van der Waals surface area contributed by atoms with Crippen LogP contribution in [0, 0.1) is 0 Å². The zero-order valence-electron chi connectivity index (χ0n) is 8.36. The fourth-order valence-corrected chi connectivity index (χ4v) is 1.68. The van der Waals surface area contributed by atoms with Crippen LogP contribution in [0.25, 0.3) is 5.53 Å². The highest BCUT2D eigenvalue weighted by atomic mass is 32.2. The van der Waals surface area contributed by atoms with E-state index >= 15 is 0 Å². The molecule has 0 aliphatic heterocycles. The van der Waals surface area contributed by atoms with Crippen molar-refractivity contribution in [3.8, 4) is 0 Å². The van der Waals surface area contributed by atoms with Gasteiger partial charge in [-0.1, -0.05) is 0 Å². The van der Waals surface area contributed by atoms with Crippen LogP contribution in [0.1, 0.15) is 0 Å². The molecule has 0 saturated heterocycles. The van der Waals surface area contributed by atoms with E-state index in [0.717, 1.165) is 12.1 Å². The highest BCUT2D eigenvalue weighted by Gasteiger charge is 2.14. The third kappa shape index (κ3) is 3.38. The van der Waals surface area contributed by atoms with Gasteiger partial charge in [0.1, 0.15) is 4.90 Å². The Hall–Kier alpha value is -2.22. The molecule has 0 radical (unpaired) electrons. The number of nitrogens with zero attached hydrogens (tertiary/aromatic N) is 2. The minimum atomic E-state index is -4.39. The Morgan fingerprint density at radius 2 is 2.18 bits per heavy atom. The molecule has 0 saturated carbocycles. The van der Waals surface area contributed by atoms with Gasteiger partial charge in [0.2, 0.25) is 0 Å². The summed E-state index contributed by atoms with van der Waals surface area (Å²) < 4.78 is 30.4. The fourth-order valence-electron chi connectivity index (χ4n) is 1.09. The van der Waals surface area contributed by atoms with Gasteiger partial charge in [-0.15, -0.1) is 0 Å². The van der Waals surface area contributed by atoms with Crippen molar-refractivity contribution in [2.75, 3.05) is 11.1 Å². The Kier molecular flexibility index (Phi) is 3.59. The van der Waals surface area contributed by atoms with Crippen molar-refractivity contribution in [1.82, 2.24) is 0 Å². The van der Waals surface area contributed by atoms with Crippen molar-refractivity contribution >= 4 is 33.6 Å². The van der Waals surface area contributed by atoms with Crippen LogP contribution in [0.4, 0.5) is 11.4 Å². The van der Waals surface area contributed by atoms with Crippen LogP contribution in [-0.2, 0) is 14.9 Å². The normalized spacial score (nSPS) is 10.4. The van der Waals surface area contributed by atoms with Crippen LogP contribution in [0.5, 0.6) is 0 Å². The number of amides is 1. The molecule has 0 aromatic heterocycles. The highest BCUT2D eigenvalue weighted by molar-refractivity contribution is 7.86. The van der Waals surface area contributed by atoms with Gasteiger partial charge in [-0.25, -0.2) is 0 Å². The molecule has 0 spiro atoms. The van der Waals surface area contributed by atoms with Gasteiger partial charge in [-0.3, -0.25) is 9.35 Å². The third-order valence-electron chi connectivity index (χ3n) is 1.73. The molecule has 0 fully saturated rings. The first-order chi connectivity index (χ1) is 7.84. The van der Waals surface area contributed by atoms with E-state index < -0.39 is 20.9 Å². The van der Waals surface area contributed by atoms with E-state index in [1.807, 2.05) is 0 Å². The number of hydrogen-bond acceptors (Lipinski definition) is 4. The molecule has 0 atom stereocenters. The number of hydrogen-bond donors (Lipinski definition) is 3. The average molecular weight is 256 g/mol. The SMILES string of the molecule is [N-]=[N+]=CC(=O)Nc1ccc(S(=O)(=O)O)c(N)c1. The molecule has 17 heavy (non-hydrogen) atoms. The number of nitrogens with one attached hydrogen (secondary N) is 1. The van der Waals surface area contributed by atoms with E-state index in [2.05, 4.69) is 10.1 Å². The van der Waals surface area contributed by atoms with E-state index in [0.29, 0.717) is 6.21 Å². The molecular weight excluding hydrogens is 248 g/mol. The van der Waals surface area contributed by atoms with Gasteiger partial charge in [0.25, 0.3) is 10.1 Å². The largest absolute Gasteiger partial charge is 0.398 e. The third-order valence-corrected chi connectivity index (χ3v) is 2.66. The molecule has 0 unspecified atom stereocenters. The number of nitrogens with two attached hydrogens (primary N) is 1. The first-order valence-electron chi connectivity index (χ1n) is 4.20. The Morgan fingerprint density at radius 3 is 2.65 bits per heavy atom. The Balaban J connectivity index is 3.06. The molecule has 9 heteroatoms. The first kappa shape index (κ1) is 12.8. The van der Waals surface area contributed by atoms with Crippen molar-refractivity contribution in [2.45, 2.75) is 4.90 Å². The lowest BCUT2D eigenvalue weighted by Gasteiger charge is -2.05. The number of benzene rings is 1. The summed E-state index contributed by atoms with van der Waals surface area (Å²) >= 11 is 0. The van der Waals surface area contributed by atoms with E-state index in [4.69, 9.17) is 15.8 Å². The minimum Gasteiger partial charge on any atom is -0.398 e. The molecular formula is C8H8N4O4S. The first-order valence-corrected chi connectivity index (χ1v) is 5.64. The highest BCUT2D eigenvalue weighted by Crippen LogP contribution is 2.21. The second-order valence-electron chi connectivity index (χ2n) is 2.96. The Morgan fingerprint density at radius 1 is 1.53 bits per heavy atom. The van der Waals surface area contributed by atoms with E-state index in [1.165, 1.54) is 6.07 Å². The summed E-state index contributed by atoms with van der Waals surface area (Å²) in [5.41, 5.74) is 13.5. The molecule has 0 aliphatic rings. The van der Waals surface area contributed by atoms with Gasteiger partial charge in [0.05, 0.1) is 5.69 Å². The zero-order chi connectivity index (χ0) is 13.1.